The molecule has 2 rings (SSSR count). The maximum absolute atomic E-state index is 14.2. The summed E-state index contributed by atoms with van der Waals surface area (Å²) in [7, 11) is 0. The first kappa shape index (κ1) is 8.91. The van der Waals surface area contributed by atoms with Gasteiger partial charge in [0, 0.05) is 32.6 Å². The fourth-order valence-electron chi connectivity index (χ4n) is 1.85. The number of hydrogen-bond acceptors (Lipinski definition) is 2. The molecule has 3 heteroatoms. The molecule has 72 valence electrons. The van der Waals surface area contributed by atoms with E-state index in [1.807, 2.05) is 17.1 Å². The Morgan fingerprint density at radius 1 is 1.23 bits per heavy atom. The van der Waals surface area contributed by atoms with Gasteiger partial charge < -0.3 is 5.32 Å². The number of rotatable bonds is 1. The summed E-state index contributed by atoms with van der Waals surface area (Å²) in [6.45, 7) is 3.38. The van der Waals surface area contributed by atoms with Gasteiger partial charge in [0.25, 0.3) is 0 Å². The summed E-state index contributed by atoms with van der Waals surface area (Å²) < 4.78 is 14.2. The molecule has 1 heterocycles. The fraction of sp³-hybridized carbons (Fsp3) is 0.600. The topological polar surface area (TPSA) is 15.3 Å². The molecule has 2 nitrogen and oxygen atoms in total. The smallest absolute Gasteiger partial charge is 0.186 e. The van der Waals surface area contributed by atoms with Crippen molar-refractivity contribution < 1.29 is 4.39 Å². The van der Waals surface area contributed by atoms with Gasteiger partial charge in [-0.2, -0.15) is 0 Å². The zero-order chi connectivity index (χ0) is 9.15. The van der Waals surface area contributed by atoms with Crippen LogP contribution in [0.5, 0.6) is 0 Å². The summed E-state index contributed by atoms with van der Waals surface area (Å²) >= 11 is 0. The number of hydrogen-bond donors (Lipinski definition) is 1. The van der Waals surface area contributed by atoms with E-state index < -0.39 is 5.79 Å². The van der Waals surface area contributed by atoms with Crippen LogP contribution in [0, 0.1) is 0 Å². The minimum Gasteiger partial charge on any atom is -0.314 e. The lowest BCUT2D eigenvalue weighted by atomic mass is 10.0. The second kappa shape index (κ2) is 3.60. The van der Waals surface area contributed by atoms with Crippen LogP contribution in [0.15, 0.2) is 24.3 Å². The van der Waals surface area contributed by atoms with Gasteiger partial charge in [0.15, 0.2) is 5.79 Å². The van der Waals surface area contributed by atoms with Crippen molar-refractivity contribution >= 4 is 0 Å². The van der Waals surface area contributed by atoms with Crippen molar-refractivity contribution in [2.75, 3.05) is 26.2 Å². The second-order valence-electron chi connectivity index (χ2n) is 3.55. The van der Waals surface area contributed by atoms with E-state index >= 15 is 0 Å². The van der Waals surface area contributed by atoms with Gasteiger partial charge in [-0.15, -0.1) is 0 Å². The second-order valence-corrected chi connectivity index (χ2v) is 3.55. The van der Waals surface area contributed by atoms with Crippen molar-refractivity contribution in [2.24, 2.45) is 0 Å². The number of halogens is 1. The van der Waals surface area contributed by atoms with Gasteiger partial charge in [-0.25, -0.2) is 4.39 Å². The largest absolute Gasteiger partial charge is 0.314 e. The quantitative estimate of drug-likeness (QED) is 0.610. The van der Waals surface area contributed by atoms with E-state index in [1.165, 1.54) is 0 Å². The van der Waals surface area contributed by atoms with Gasteiger partial charge in [-0.1, -0.05) is 18.2 Å². The maximum atomic E-state index is 14.2. The van der Waals surface area contributed by atoms with E-state index in [-0.39, 0.29) is 0 Å². The Labute approximate surface area is 78.1 Å². The van der Waals surface area contributed by atoms with Gasteiger partial charge in [-0.05, 0) is 6.08 Å². The van der Waals surface area contributed by atoms with Crippen molar-refractivity contribution in [3.63, 3.8) is 0 Å². The predicted molar refractivity (Wildman–Crippen MR) is 51.2 cm³/mol. The summed E-state index contributed by atoms with van der Waals surface area (Å²) in [4.78, 5) is 1.91. The molecular weight excluding hydrogens is 167 g/mol. The Morgan fingerprint density at radius 3 is 2.62 bits per heavy atom. The Kier molecular flexibility index (Phi) is 2.47. The molecule has 1 aliphatic heterocycles. The van der Waals surface area contributed by atoms with Crippen LogP contribution in [0.25, 0.3) is 0 Å². The van der Waals surface area contributed by atoms with Crippen molar-refractivity contribution in [3.05, 3.63) is 24.3 Å². The fourth-order valence-corrected chi connectivity index (χ4v) is 1.85. The number of alkyl halides is 1. The molecule has 0 spiro atoms. The first-order valence-corrected chi connectivity index (χ1v) is 4.80. The molecule has 0 saturated carbocycles. The lowest BCUT2D eigenvalue weighted by Crippen LogP contribution is -2.53. The number of nitrogens with one attached hydrogen (secondary N) is 1. The minimum absolute atomic E-state index is 0.490. The zero-order valence-electron chi connectivity index (χ0n) is 7.67. The first-order chi connectivity index (χ1) is 6.31. The van der Waals surface area contributed by atoms with Crippen LogP contribution in [-0.4, -0.2) is 36.9 Å². The molecule has 0 radical (unpaired) electrons. The van der Waals surface area contributed by atoms with Crippen LogP contribution in [0.4, 0.5) is 4.39 Å². The monoisotopic (exact) mass is 182 g/mol. The Balaban J connectivity index is 2.04. The summed E-state index contributed by atoms with van der Waals surface area (Å²) in [5, 5.41) is 3.22. The van der Waals surface area contributed by atoms with Crippen molar-refractivity contribution in [1.29, 1.82) is 0 Å². The third-order valence-electron chi connectivity index (χ3n) is 2.65. The summed E-state index contributed by atoms with van der Waals surface area (Å²) in [5.74, 6) is -1.23. The molecule has 1 aliphatic carbocycles. The summed E-state index contributed by atoms with van der Waals surface area (Å²) in [6.07, 6.45) is 7.75. The van der Waals surface area contributed by atoms with E-state index in [4.69, 9.17) is 0 Å². The molecule has 0 aromatic heterocycles. The van der Waals surface area contributed by atoms with Gasteiger partial charge >= 0.3 is 0 Å². The highest BCUT2D eigenvalue weighted by molar-refractivity contribution is 5.17. The first-order valence-electron chi connectivity index (χ1n) is 4.80. The van der Waals surface area contributed by atoms with Crippen LogP contribution in [0.2, 0.25) is 0 Å². The normalized spacial score (nSPS) is 35.2. The van der Waals surface area contributed by atoms with Crippen molar-refractivity contribution in [1.82, 2.24) is 10.2 Å². The Bertz CT molecular complexity index is 231. The van der Waals surface area contributed by atoms with E-state index in [0.29, 0.717) is 6.42 Å². The van der Waals surface area contributed by atoms with Crippen LogP contribution in [0.3, 0.4) is 0 Å². The summed E-state index contributed by atoms with van der Waals surface area (Å²) in [5.41, 5.74) is 0. The average Bonchev–Trinajstić information content (AvgIpc) is 2.20. The van der Waals surface area contributed by atoms with E-state index in [9.17, 15) is 4.39 Å². The average molecular weight is 182 g/mol. The SMILES string of the molecule is FC1(N2CCNCC2)C=CC=CC1. The Morgan fingerprint density at radius 2 is 2.00 bits per heavy atom. The number of allylic oxidation sites excluding steroid dienone is 2. The van der Waals surface area contributed by atoms with Crippen molar-refractivity contribution in [2.45, 2.75) is 12.2 Å². The van der Waals surface area contributed by atoms with Crippen molar-refractivity contribution in [3.8, 4) is 0 Å². The highest BCUT2D eigenvalue weighted by atomic mass is 19.1. The lowest BCUT2D eigenvalue weighted by molar-refractivity contribution is 0.00177. The van der Waals surface area contributed by atoms with Crippen LogP contribution in [-0.2, 0) is 0 Å². The predicted octanol–water partition coefficient (Wildman–Crippen LogP) is 1.07. The minimum atomic E-state index is -1.23. The maximum Gasteiger partial charge on any atom is 0.186 e. The molecule has 13 heavy (non-hydrogen) atoms. The molecule has 1 fully saturated rings. The molecule has 2 aliphatic rings. The lowest BCUT2D eigenvalue weighted by Gasteiger charge is -2.38. The molecule has 0 amide bonds. The zero-order valence-corrected chi connectivity index (χ0v) is 7.67. The van der Waals surface area contributed by atoms with E-state index in [1.54, 1.807) is 12.2 Å². The summed E-state index contributed by atoms with van der Waals surface area (Å²) in [6, 6.07) is 0. The molecule has 0 aromatic rings. The van der Waals surface area contributed by atoms with Gasteiger partial charge in [0.2, 0.25) is 0 Å². The molecule has 0 bridgehead atoms. The third-order valence-corrected chi connectivity index (χ3v) is 2.65. The van der Waals surface area contributed by atoms with E-state index in [0.717, 1.165) is 26.2 Å². The highest BCUT2D eigenvalue weighted by Gasteiger charge is 2.34. The number of piperazine rings is 1. The Hall–Kier alpha value is -0.670. The molecular formula is C10H15FN2. The molecule has 1 unspecified atom stereocenters. The van der Waals surface area contributed by atoms with E-state index in [2.05, 4.69) is 5.32 Å². The van der Waals surface area contributed by atoms with Crippen LogP contribution < -0.4 is 5.32 Å². The van der Waals surface area contributed by atoms with Crippen LogP contribution >= 0.6 is 0 Å². The van der Waals surface area contributed by atoms with Gasteiger partial charge in [0.05, 0.1) is 0 Å². The molecule has 1 atom stereocenters. The molecule has 1 N–H and O–H groups in total. The van der Waals surface area contributed by atoms with Gasteiger partial charge in [-0.3, -0.25) is 4.90 Å². The van der Waals surface area contributed by atoms with Crippen LogP contribution in [0.1, 0.15) is 6.42 Å². The molecule has 1 saturated heterocycles. The molecule has 0 aromatic carbocycles. The number of nitrogens with zero attached hydrogens (tertiary/aromatic N) is 1. The third kappa shape index (κ3) is 1.81. The van der Waals surface area contributed by atoms with Gasteiger partial charge in [0.1, 0.15) is 0 Å². The highest BCUT2D eigenvalue weighted by Crippen LogP contribution is 2.27. The standard InChI is InChI=1S/C10H15FN2/c11-10(4-2-1-3-5-10)13-8-6-12-7-9-13/h1-4,12H,5-9H2.